The van der Waals surface area contributed by atoms with E-state index in [2.05, 4.69) is 10.2 Å². The van der Waals surface area contributed by atoms with Crippen molar-refractivity contribution in [2.45, 2.75) is 13.1 Å². The van der Waals surface area contributed by atoms with Crippen LogP contribution in [0.15, 0.2) is 35.1 Å². The van der Waals surface area contributed by atoms with E-state index in [-0.39, 0.29) is 24.8 Å². The van der Waals surface area contributed by atoms with E-state index in [1.807, 2.05) is 0 Å². The first kappa shape index (κ1) is 22.9. The molecule has 3 heterocycles. The SMILES string of the molecule is COc1cc2nc(CN3CCOCC3)n(CC(=O)Nc3ccc4c(c3)OCO4)c(=O)c2cc1OC. The zero-order chi connectivity index (χ0) is 24.4. The Morgan fingerprint density at radius 2 is 1.80 bits per heavy atom. The first-order chi connectivity index (χ1) is 17.1. The van der Waals surface area contributed by atoms with Crippen molar-refractivity contribution < 1.29 is 28.5 Å². The predicted molar refractivity (Wildman–Crippen MR) is 126 cm³/mol. The molecular formula is C24H26N4O7. The number of amides is 1. The number of nitrogens with zero attached hydrogens (tertiary/aromatic N) is 3. The highest BCUT2D eigenvalue weighted by Gasteiger charge is 2.21. The predicted octanol–water partition coefficient (Wildman–Crippen LogP) is 1.61. The summed E-state index contributed by atoms with van der Waals surface area (Å²) < 4.78 is 28.3. The molecule has 2 aliphatic heterocycles. The van der Waals surface area contributed by atoms with Crippen molar-refractivity contribution in [2.24, 2.45) is 0 Å². The molecule has 35 heavy (non-hydrogen) atoms. The number of fused-ring (bicyclic) bond motifs is 2. The number of nitrogens with one attached hydrogen (secondary N) is 1. The first-order valence-corrected chi connectivity index (χ1v) is 11.2. The van der Waals surface area contributed by atoms with Crippen molar-refractivity contribution in [3.63, 3.8) is 0 Å². The van der Waals surface area contributed by atoms with Gasteiger partial charge in [0, 0.05) is 30.9 Å². The third kappa shape index (κ3) is 4.73. The molecule has 1 amide bonds. The lowest BCUT2D eigenvalue weighted by atomic mass is 10.2. The Kier molecular flexibility index (Phi) is 6.43. The number of hydrogen-bond donors (Lipinski definition) is 1. The lowest BCUT2D eigenvalue weighted by molar-refractivity contribution is -0.116. The molecule has 2 aromatic carbocycles. The van der Waals surface area contributed by atoms with Crippen LogP contribution in [0.2, 0.25) is 0 Å². The number of aromatic nitrogens is 2. The summed E-state index contributed by atoms with van der Waals surface area (Å²) in [6, 6.07) is 8.40. The van der Waals surface area contributed by atoms with Crippen LogP contribution in [0.4, 0.5) is 5.69 Å². The maximum absolute atomic E-state index is 13.6. The van der Waals surface area contributed by atoms with E-state index in [1.54, 1.807) is 30.3 Å². The third-order valence-electron chi connectivity index (χ3n) is 5.97. The summed E-state index contributed by atoms with van der Waals surface area (Å²) in [7, 11) is 3.03. The highest BCUT2D eigenvalue weighted by Crippen LogP contribution is 2.34. The van der Waals surface area contributed by atoms with Gasteiger partial charge in [0.2, 0.25) is 12.7 Å². The monoisotopic (exact) mass is 482 g/mol. The van der Waals surface area contributed by atoms with Gasteiger partial charge < -0.3 is 29.0 Å². The van der Waals surface area contributed by atoms with Gasteiger partial charge in [-0.15, -0.1) is 0 Å². The summed E-state index contributed by atoms with van der Waals surface area (Å²) >= 11 is 0. The van der Waals surface area contributed by atoms with Gasteiger partial charge in [-0.1, -0.05) is 0 Å². The summed E-state index contributed by atoms with van der Waals surface area (Å²) in [6.45, 7) is 2.97. The second-order valence-corrected chi connectivity index (χ2v) is 8.15. The van der Waals surface area contributed by atoms with Crippen molar-refractivity contribution in [3.05, 3.63) is 46.5 Å². The normalized spacial score (nSPS) is 15.3. The van der Waals surface area contributed by atoms with Crippen LogP contribution in [0, 0.1) is 0 Å². The van der Waals surface area contributed by atoms with Crippen LogP contribution in [0.1, 0.15) is 5.82 Å². The number of ether oxygens (including phenoxy) is 5. The molecule has 0 bridgehead atoms. The van der Waals surface area contributed by atoms with Gasteiger partial charge in [0.15, 0.2) is 23.0 Å². The van der Waals surface area contributed by atoms with Gasteiger partial charge in [-0.2, -0.15) is 0 Å². The van der Waals surface area contributed by atoms with Gasteiger partial charge in [-0.05, 0) is 18.2 Å². The summed E-state index contributed by atoms with van der Waals surface area (Å²) in [5.74, 6) is 2.18. The Hall–Kier alpha value is -3.83. The van der Waals surface area contributed by atoms with Gasteiger partial charge in [-0.25, -0.2) is 4.98 Å². The maximum atomic E-state index is 13.6. The standard InChI is InChI=1S/C24H26N4O7/c1-31-19-10-16-17(11-20(19)32-2)26-22(12-27-5-7-33-8-6-27)28(24(16)30)13-23(29)25-15-3-4-18-21(9-15)35-14-34-18/h3-4,9-11H,5-8,12-14H2,1-2H3,(H,25,29). The molecule has 3 aromatic rings. The molecule has 11 nitrogen and oxygen atoms in total. The first-order valence-electron chi connectivity index (χ1n) is 11.2. The van der Waals surface area contributed by atoms with Gasteiger partial charge in [0.25, 0.3) is 5.56 Å². The zero-order valence-corrected chi connectivity index (χ0v) is 19.5. The highest BCUT2D eigenvalue weighted by molar-refractivity contribution is 5.91. The molecule has 1 aromatic heterocycles. The molecule has 0 unspecified atom stereocenters. The lowest BCUT2D eigenvalue weighted by Crippen LogP contribution is -2.39. The number of rotatable bonds is 7. The van der Waals surface area contributed by atoms with Gasteiger partial charge >= 0.3 is 0 Å². The van der Waals surface area contributed by atoms with E-state index >= 15 is 0 Å². The lowest BCUT2D eigenvalue weighted by Gasteiger charge is -2.27. The summed E-state index contributed by atoms with van der Waals surface area (Å²) in [5, 5.41) is 3.16. The van der Waals surface area contributed by atoms with Crippen LogP contribution in [0.3, 0.4) is 0 Å². The Balaban J connectivity index is 1.49. The maximum Gasteiger partial charge on any atom is 0.262 e. The second-order valence-electron chi connectivity index (χ2n) is 8.15. The van der Waals surface area contributed by atoms with Crippen molar-refractivity contribution in [1.82, 2.24) is 14.5 Å². The van der Waals surface area contributed by atoms with Crippen LogP contribution in [-0.2, 0) is 22.6 Å². The summed E-state index contributed by atoms with van der Waals surface area (Å²) in [6.07, 6.45) is 0. The van der Waals surface area contributed by atoms with Crippen molar-refractivity contribution >= 4 is 22.5 Å². The van der Waals surface area contributed by atoms with Crippen LogP contribution in [0.25, 0.3) is 10.9 Å². The smallest absolute Gasteiger partial charge is 0.262 e. The third-order valence-corrected chi connectivity index (χ3v) is 5.97. The summed E-state index contributed by atoms with van der Waals surface area (Å²) in [4.78, 5) is 33.4. The van der Waals surface area contributed by atoms with Gasteiger partial charge in [0.05, 0.1) is 44.9 Å². The van der Waals surface area contributed by atoms with Crippen LogP contribution in [-0.4, -0.2) is 67.7 Å². The molecule has 0 radical (unpaired) electrons. The minimum atomic E-state index is -0.365. The minimum Gasteiger partial charge on any atom is -0.493 e. The number of anilines is 1. The molecule has 1 saturated heterocycles. The van der Waals surface area contributed by atoms with Crippen LogP contribution in [0.5, 0.6) is 23.0 Å². The molecule has 1 fully saturated rings. The van der Waals surface area contributed by atoms with Gasteiger partial charge in [-0.3, -0.25) is 19.1 Å². The molecule has 0 atom stereocenters. The second kappa shape index (κ2) is 9.80. The number of carbonyl (C=O) groups is 1. The number of benzene rings is 2. The summed E-state index contributed by atoms with van der Waals surface area (Å²) in [5.41, 5.74) is 0.686. The highest BCUT2D eigenvalue weighted by atomic mass is 16.7. The number of methoxy groups -OCH3 is 2. The molecule has 2 aliphatic rings. The average Bonchev–Trinajstić information content (AvgIpc) is 3.34. The Labute approximate surface area is 201 Å². The van der Waals surface area contributed by atoms with Crippen molar-refractivity contribution in [2.75, 3.05) is 52.6 Å². The molecule has 0 saturated carbocycles. The van der Waals surface area contributed by atoms with E-state index in [9.17, 15) is 9.59 Å². The quantitative estimate of drug-likeness (QED) is 0.537. The zero-order valence-electron chi connectivity index (χ0n) is 19.5. The number of hydrogen-bond acceptors (Lipinski definition) is 9. The van der Waals surface area contributed by atoms with E-state index in [4.69, 9.17) is 28.7 Å². The van der Waals surface area contributed by atoms with E-state index in [0.29, 0.717) is 78.3 Å². The van der Waals surface area contributed by atoms with E-state index < -0.39 is 0 Å². The Morgan fingerprint density at radius 3 is 2.57 bits per heavy atom. The fourth-order valence-corrected chi connectivity index (χ4v) is 4.16. The molecule has 184 valence electrons. The number of carbonyl (C=O) groups excluding carboxylic acids is 1. The largest absolute Gasteiger partial charge is 0.493 e. The molecule has 11 heteroatoms. The van der Waals surface area contributed by atoms with Crippen molar-refractivity contribution in [1.29, 1.82) is 0 Å². The average molecular weight is 482 g/mol. The molecular weight excluding hydrogens is 456 g/mol. The Bertz CT molecular complexity index is 1320. The molecule has 5 rings (SSSR count). The fraction of sp³-hybridized carbons (Fsp3) is 0.375. The van der Waals surface area contributed by atoms with Crippen molar-refractivity contribution in [3.8, 4) is 23.0 Å². The van der Waals surface area contributed by atoms with Crippen LogP contribution < -0.4 is 29.8 Å². The number of morpholine rings is 1. The van der Waals surface area contributed by atoms with Crippen LogP contribution >= 0.6 is 0 Å². The van der Waals surface area contributed by atoms with E-state index in [0.717, 1.165) is 0 Å². The Morgan fingerprint density at radius 1 is 1.06 bits per heavy atom. The van der Waals surface area contributed by atoms with Gasteiger partial charge in [0.1, 0.15) is 12.4 Å². The molecule has 0 aliphatic carbocycles. The molecule has 1 N–H and O–H groups in total. The topological polar surface area (TPSA) is 113 Å². The minimum absolute atomic E-state index is 0.143. The molecule has 0 spiro atoms. The fourth-order valence-electron chi connectivity index (χ4n) is 4.16. The van der Waals surface area contributed by atoms with E-state index in [1.165, 1.54) is 18.8 Å².